The van der Waals surface area contributed by atoms with Crippen molar-refractivity contribution in [2.45, 2.75) is 6.92 Å². The predicted octanol–water partition coefficient (Wildman–Crippen LogP) is 4.97. The van der Waals surface area contributed by atoms with Gasteiger partial charge in [0, 0.05) is 16.0 Å². The van der Waals surface area contributed by atoms with E-state index >= 15 is 0 Å². The number of halogens is 1. The molecule has 29 heavy (non-hydrogen) atoms. The molecule has 2 aromatic carbocycles. The molecule has 0 bridgehead atoms. The Morgan fingerprint density at radius 1 is 1.14 bits per heavy atom. The molecule has 0 saturated heterocycles. The fourth-order valence-corrected chi connectivity index (χ4v) is 3.72. The number of rotatable bonds is 4. The number of aromatic carboxylic acids is 1. The second-order valence-electron chi connectivity index (χ2n) is 6.31. The molecule has 1 aliphatic heterocycles. The maximum atomic E-state index is 12.9. The van der Waals surface area contributed by atoms with E-state index in [1.54, 1.807) is 37.3 Å². The van der Waals surface area contributed by atoms with Crippen LogP contribution in [0.4, 0.5) is 5.13 Å². The Morgan fingerprint density at radius 3 is 2.48 bits per heavy atom. The van der Waals surface area contributed by atoms with Gasteiger partial charge in [0.1, 0.15) is 0 Å². The van der Waals surface area contributed by atoms with E-state index in [4.69, 9.17) is 16.7 Å². The number of carbonyl (C=O) groups excluding carboxylic acids is 1. The van der Waals surface area contributed by atoms with Crippen molar-refractivity contribution in [3.63, 3.8) is 0 Å². The minimum absolute atomic E-state index is 0.189. The summed E-state index contributed by atoms with van der Waals surface area (Å²) >= 11 is 7.25. The summed E-state index contributed by atoms with van der Waals surface area (Å²) in [6, 6.07) is 13.6. The molecule has 144 valence electrons. The number of amides is 1. The van der Waals surface area contributed by atoms with Gasteiger partial charge in [0.2, 0.25) is 5.13 Å². The van der Waals surface area contributed by atoms with Crippen LogP contribution < -0.4 is 5.01 Å². The van der Waals surface area contributed by atoms with Crippen LogP contribution >= 0.6 is 22.9 Å². The first-order valence-electron chi connectivity index (χ1n) is 8.59. The van der Waals surface area contributed by atoms with Crippen LogP contribution in [0.5, 0.6) is 0 Å². The van der Waals surface area contributed by atoms with Crippen molar-refractivity contribution in [2.24, 2.45) is 5.10 Å². The van der Waals surface area contributed by atoms with Crippen LogP contribution in [0.2, 0.25) is 5.02 Å². The highest BCUT2D eigenvalue weighted by atomic mass is 35.5. The summed E-state index contributed by atoms with van der Waals surface area (Å²) in [5, 5.41) is 17.6. The van der Waals surface area contributed by atoms with E-state index in [0.29, 0.717) is 21.4 Å². The Balaban J connectivity index is 1.59. The summed E-state index contributed by atoms with van der Waals surface area (Å²) < 4.78 is 0. The highest BCUT2D eigenvalue weighted by Gasteiger charge is 2.30. The Morgan fingerprint density at radius 2 is 1.83 bits per heavy atom. The maximum absolute atomic E-state index is 12.9. The Kier molecular flexibility index (Phi) is 5.00. The maximum Gasteiger partial charge on any atom is 0.335 e. The second-order valence-corrected chi connectivity index (χ2v) is 7.58. The third-order valence-electron chi connectivity index (χ3n) is 4.34. The lowest BCUT2D eigenvalue weighted by atomic mass is 10.1. The average molecular weight is 424 g/mol. The molecule has 6 nitrogen and oxygen atoms in total. The molecular weight excluding hydrogens is 410 g/mol. The molecule has 0 atom stereocenters. The van der Waals surface area contributed by atoms with Gasteiger partial charge in [0.05, 0.1) is 22.5 Å². The lowest BCUT2D eigenvalue weighted by Gasteiger charge is -2.07. The molecular formula is C21H14ClN3O3S. The van der Waals surface area contributed by atoms with Gasteiger partial charge in [-0.25, -0.2) is 9.78 Å². The fraction of sp³-hybridized carbons (Fsp3) is 0.0476. The monoisotopic (exact) mass is 423 g/mol. The van der Waals surface area contributed by atoms with Gasteiger partial charge < -0.3 is 5.11 Å². The van der Waals surface area contributed by atoms with Crippen molar-refractivity contribution in [1.82, 2.24) is 4.98 Å². The smallest absolute Gasteiger partial charge is 0.335 e. The number of thiazole rings is 1. The summed E-state index contributed by atoms with van der Waals surface area (Å²) in [4.78, 5) is 28.4. The van der Waals surface area contributed by atoms with E-state index in [0.717, 1.165) is 16.8 Å². The van der Waals surface area contributed by atoms with Gasteiger partial charge in [-0.1, -0.05) is 35.9 Å². The zero-order chi connectivity index (χ0) is 20.5. The predicted molar refractivity (Wildman–Crippen MR) is 115 cm³/mol. The number of carbonyl (C=O) groups is 2. The van der Waals surface area contributed by atoms with Gasteiger partial charge in [-0.2, -0.15) is 10.1 Å². The van der Waals surface area contributed by atoms with Gasteiger partial charge in [-0.05, 0) is 42.8 Å². The Labute approximate surface area is 175 Å². The van der Waals surface area contributed by atoms with E-state index < -0.39 is 5.97 Å². The Bertz CT molecular complexity index is 1160. The van der Waals surface area contributed by atoms with E-state index in [-0.39, 0.29) is 11.5 Å². The van der Waals surface area contributed by atoms with Crippen LogP contribution in [-0.4, -0.2) is 27.7 Å². The Hall–Kier alpha value is -3.29. The van der Waals surface area contributed by atoms with Crippen molar-refractivity contribution in [2.75, 3.05) is 5.01 Å². The average Bonchev–Trinajstić information content (AvgIpc) is 3.29. The third kappa shape index (κ3) is 3.83. The van der Waals surface area contributed by atoms with Crippen LogP contribution in [0.15, 0.2) is 64.6 Å². The molecule has 4 rings (SSSR count). The normalized spacial score (nSPS) is 15.1. The van der Waals surface area contributed by atoms with Crippen molar-refractivity contribution < 1.29 is 14.7 Å². The topological polar surface area (TPSA) is 82.9 Å². The number of nitrogens with zero attached hydrogens (tertiary/aromatic N) is 3. The molecule has 0 unspecified atom stereocenters. The summed E-state index contributed by atoms with van der Waals surface area (Å²) in [6.45, 7) is 1.75. The number of benzene rings is 2. The molecule has 2 heterocycles. The molecule has 0 saturated carbocycles. The van der Waals surface area contributed by atoms with Crippen molar-refractivity contribution >= 4 is 51.7 Å². The van der Waals surface area contributed by atoms with Gasteiger partial charge in [0.25, 0.3) is 5.91 Å². The second kappa shape index (κ2) is 7.62. The SMILES string of the molecule is CC1=NN(c2nc(-c3ccc(Cl)cc3)cs2)C(=O)/C1=C/c1ccc(C(=O)O)cc1. The number of hydrazone groups is 1. The van der Waals surface area contributed by atoms with Crippen molar-refractivity contribution in [1.29, 1.82) is 0 Å². The molecule has 0 radical (unpaired) electrons. The number of carboxylic acids is 1. The van der Waals surface area contributed by atoms with E-state index in [1.165, 1.54) is 28.5 Å². The van der Waals surface area contributed by atoms with Crippen LogP contribution in [0.25, 0.3) is 17.3 Å². The molecule has 1 amide bonds. The van der Waals surface area contributed by atoms with E-state index in [1.807, 2.05) is 17.5 Å². The number of hydrogen-bond donors (Lipinski definition) is 1. The first kappa shape index (κ1) is 19.0. The number of hydrogen-bond acceptors (Lipinski definition) is 5. The molecule has 1 N–H and O–H groups in total. The van der Waals surface area contributed by atoms with E-state index in [9.17, 15) is 9.59 Å². The number of anilines is 1. The fourth-order valence-electron chi connectivity index (χ4n) is 2.82. The minimum Gasteiger partial charge on any atom is -0.478 e. The molecule has 0 fully saturated rings. The van der Waals surface area contributed by atoms with Crippen LogP contribution in [-0.2, 0) is 4.79 Å². The van der Waals surface area contributed by atoms with Crippen LogP contribution in [0.3, 0.4) is 0 Å². The molecule has 0 aliphatic carbocycles. The number of aromatic nitrogens is 1. The summed E-state index contributed by atoms with van der Waals surface area (Å²) in [7, 11) is 0. The number of carboxylic acid groups (broad SMARTS) is 1. The lowest BCUT2D eigenvalue weighted by molar-refractivity contribution is -0.114. The van der Waals surface area contributed by atoms with E-state index in [2.05, 4.69) is 10.1 Å². The van der Waals surface area contributed by atoms with Gasteiger partial charge >= 0.3 is 5.97 Å². The highest BCUT2D eigenvalue weighted by Crippen LogP contribution is 2.31. The van der Waals surface area contributed by atoms with Crippen LogP contribution in [0.1, 0.15) is 22.8 Å². The highest BCUT2D eigenvalue weighted by molar-refractivity contribution is 7.14. The summed E-state index contributed by atoms with van der Waals surface area (Å²) in [6.07, 6.45) is 1.69. The molecule has 3 aromatic rings. The summed E-state index contributed by atoms with van der Waals surface area (Å²) in [5.74, 6) is -1.27. The van der Waals surface area contributed by atoms with Crippen LogP contribution in [0, 0.1) is 0 Å². The molecule has 0 spiro atoms. The summed E-state index contributed by atoms with van der Waals surface area (Å²) in [5.41, 5.74) is 3.56. The zero-order valence-electron chi connectivity index (χ0n) is 15.2. The van der Waals surface area contributed by atoms with Crippen molar-refractivity contribution in [3.8, 4) is 11.3 Å². The first-order valence-corrected chi connectivity index (χ1v) is 9.85. The largest absolute Gasteiger partial charge is 0.478 e. The van der Waals surface area contributed by atoms with Gasteiger partial charge in [-0.15, -0.1) is 11.3 Å². The zero-order valence-corrected chi connectivity index (χ0v) is 16.7. The molecule has 8 heteroatoms. The minimum atomic E-state index is -0.995. The van der Waals surface area contributed by atoms with Gasteiger partial charge in [0.15, 0.2) is 0 Å². The quantitative estimate of drug-likeness (QED) is 0.600. The molecule has 1 aliphatic rings. The third-order valence-corrected chi connectivity index (χ3v) is 5.41. The van der Waals surface area contributed by atoms with Crippen molar-refractivity contribution in [3.05, 3.63) is 75.6 Å². The first-order chi connectivity index (χ1) is 13.9. The standard InChI is InChI=1S/C21H14ClN3O3S/c1-12-17(10-13-2-4-15(5-3-13)20(27)28)19(26)25(24-12)21-23-18(11-29-21)14-6-8-16(22)9-7-14/h2-11H,1H3,(H,27,28)/b17-10+. The van der Waals surface area contributed by atoms with Gasteiger partial charge in [-0.3, -0.25) is 4.79 Å². The lowest BCUT2D eigenvalue weighted by Crippen LogP contribution is -2.21. The molecule has 1 aromatic heterocycles.